The Hall–Kier alpha value is -0.680. The van der Waals surface area contributed by atoms with Gasteiger partial charge in [0.05, 0.1) is 6.04 Å². The van der Waals surface area contributed by atoms with Gasteiger partial charge in [0.25, 0.3) is 0 Å². The van der Waals surface area contributed by atoms with Crippen molar-refractivity contribution in [1.82, 2.24) is 4.90 Å². The third kappa shape index (κ3) is 1.56. The molecule has 3 nitrogen and oxygen atoms in total. The minimum Gasteiger partial charge on any atom is -0.465 e. The molecule has 2 atom stereocenters. The molecule has 1 saturated carbocycles. The number of amidine groups is 1. The van der Waals surface area contributed by atoms with Crippen molar-refractivity contribution in [2.24, 2.45) is 10.9 Å². The molecular formula is C15H15BrN2OS. The SMILES string of the molecule is Brc1ccc2c(c1)[C@H]1C[C@@](C3CC3)(N=C3SCCN31)O2. The molecule has 1 saturated heterocycles. The largest absolute Gasteiger partial charge is 0.465 e. The Morgan fingerprint density at radius 3 is 3.15 bits per heavy atom. The smallest absolute Gasteiger partial charge is 0.207 e. The number of thioether (sulfide) groups is 1. The van der Waals surface area contributed by atoms with Gasteiger partial charge in [0, 0.05) is 34.7 Å². The molecular weight excluding hydrogens is 336 g/mol. The second-order valence-corrected chi connectivity index (χ2v) is 8.04. The molecule has 0 spiro atoms. The van der Waals surface area contributed by atoms with E-state index in [4.69, 9.17) is 9.73 Å². The summed E-state index contributed by atoms with van der Waals surface area (Å²) < 4.78 is 7.56. The average molecular weight is 351 g/mol. The third-order valence-electron chi connectivity index (χ3n) is 4.79. The van der Waals surface area contributed by atoms with Gasteiger partial charge in [-0.25, -0.2) is 4.99 Å². The van der Waals surface area contributed by atoms with Crippen LogP contribution in [0.15, 0.2) is 27.7 Å². The van der Waals surface area contributed by atoms with Crippen LogP contribution in [-0.4, -0.2) is 28.1 Å². The van der Waals surface area contributed by atoms with Gasteiger partial charge < -0.3 is 9.64 Å². The zero-order chi connectivity index (χ0) is 13.3. The number of halogens is 1. The quantitative estimate of drug-likeness (QED) is 0.770. The molecule has 0 radical (unpaired) electrons. The van der Waals surface area contributed by atoms with Crippen LogP contribution in [0.1, 0.15) is 30.9 Å². The number of ether oxygens (including phenoxy) is 1. The lowest BCUT2D eigenvalue weighted by atomic mass is 9.88. The highest BCUT2D eigenvalue weighted by atomic mass is 79.9. The van der Waals surface area contributed by atoms with Crippen molar-refractivity contribution >= 4 is 32.9 Å². The summed E-state index contributed by atoms with van der Waals surface area (Å²) in [5, 5.41) is 1.21. The molecule has 5 rings (SSSR count). The zero-order valence-electron chi connectivity index (χ0n) is 11.0. The van der Waals surface area contributed by atoms with Crippen LogP contribution in [0.4, 0.5) is 0 Å². The molecule has 20 heavy (non-hydrogen) atoms. The fraction of sp³-hybridized carbons (Fsp3) is 0.533. The van der Waals surface area contributed by atoms with Gasteiger partial charge in [-0.05, 0) is 31.0 Å². The van der Waals surface area contributed by atoms with Crippen LogP contribution in [-0.2, 0) is 0 Å². The van der Waals surface area contributed by atoms with E-state index in [9.17, 15) is 0 Å². The summed E-state index contributed by atoms with van der Waals surface area (Å²) in [5.41, 5.74) is 1.06. The van der Waals surface area contributed by atoms with Crippen molar-refractivity contribution in [3.63, 3.8) is 0 Å². The minimum absolute atomic E-state index is 0.269. The molecule has 1 aliphatic carbocycles. The first-order valence-electron chi connectivity index (χ1n) is 7.23. The lowest BCUT2D eigenvalue weighted by Gasteiger charge is -2.47. The fourth-order valence-electron chi connectivity index (χ4n) is 3.68. The summed E-state index contributed by atoms with van der Waals surface area (Å²) in [6.07, 6.45) is 3.55. The van der Waals surface area contributed by atoms with E-state index < -0.39 is 0 Å². The van der Waals surface area contributed by atoms with E-state index in [0.717, 1.165) is 28.9 Å². The highest BCUT2D eigenvalue weighted by molar-refractivity contribution is 9.10. The summed E-state index contributed by atoms with van der Waals surface area (Å²) in [6, 6.07) is 6.85. The summed E-state index contributed by atoms with van der Waals surface area (Å²) in [5.74, 6) is 2.81. The van der Waals surface area contributed by atoms with Crippen molar-refractivity contribution in [1.29, 1.82) is 0 Å². The van der Waals surface area contributed by atoms with Crippen molar-refractivity contribution in [3.8, 4) is 5.75 Å². The van der Waals surface area contributed by atoms with Crippen molar-refractivity contribution in [3.05, 3.63) is 28.2 Å². The standard InChI is InChI=1S/C15H15BrN2OS/c16-10-3-4-13-11(7-10)12-8-15(19-13,9-1-2-9)17-14-18(12)5-6-20-14/h3-4,7,9,12H,1-2,5-6,8H2/t12-,15-/m1/s1. The van der Waals surface area contributed by atoms with E-state index in [1.165, 1.54) is 23.6 Å². The Labute approximate surface area is 130 Å². The molecule has 3 aliphatic heterocycles. The predicted molar refractivity (Wildman–Crippen MR) is 84.2 cm³/mol. The highest BCUT2D eigenvalue weighted by Crippen LogP contribution is 2.56. The molecule has 104 valence electrons. The Balaban J connectivity index is 1.70. The summed E-state index contributed by atoms with van der Waals surface area (Å²) in [7, 11) is 0. The second kappa shape index (κ2) is 3.95. The number of benzene rings is 1. The molecule has 0 unspecified atom stereocenters. The van der Waals surface area contributed by atoms with Crippen LogP contribution < -0.4 is 4.74 Å². The molecule has 2 fully saturated rings. The van der Waals surface area contributed by atoms with E-state index in [1.54, 1.807) is 0 Å². The van der Waals surface area contributed by atoms with Gasteiger partial charge in [-0.15, -0.1) is 0 Å². The van der Waals surface area contributed by atoms with E-state index in [-0.39, 0.29) is 5.72 Å². The van der Waals surface area contributed by atoms with Crippen molar-refractivity contribution in [2.75, 3.05) is 12.3 Å². The Morgan fingerprint density at radius 2 is 2.30 bits per heavy atom. The van der Waals surface area contributed by atoms with Crippen LogP contribution in [0.3, 0.4) is 0 Å². The van der Waals surface area contributed by atoms with E-state index in [0.29, 0.717) is 12.0 Å². The average Bonchev–Trinajstić information content (AvgIpc) is 3.20. The molecule has 4 aliphatic rings. The van der Waals surface area contributed by atoms with Gasteiger partial charge in [0.1, 0.15) is 5.75 Å². The van der Waals surface area contributed by atoms with Gasteiger partial charge in [-0.3, -0.25) is 0 Å². The minimum atomic E-state index is -0.269. The Bertz CT molecular complexity index is 630. The summed E-state index contributed by atoms with van der Waals surface area (Å²) in [6.45, 7) is 1.11. The zero-order valence-corrected chi connectivity index (χ0v) is 13.4. The van der Waals surface area contributed by atoms with Crippen LogP contribution in [0.2, 0.25) is 0 Å². The molecule has 1 aromatic carbocycles. The van der Waals surface area contributed by atoms with E-state index in [1.807, 2.05) is 11.8 Å². The number of rotatable bonds is 1. The molecule has 2 bridgehead atoms. The van der Waals surface area contributed by atoms with Gasteiger partial charge in [0.15, 0.2) is 5.17 Å². The van der Waals surface area contributed by atoms with E-state index in [2.05, 4.69) is 39.0 Å². The first-order chi connectivity index (χ1) is 9.75. The maximum absolute atomic E-state index is 6.43. The third-order valence-corrected chi connectivity index (χ3v) is 6.25. The van der Waals surface area contributed by atoms with Crippen LogP contribution >= 0.6 is 27.7 Å². The van der Waals surface area contributed by atoms with Gasteiger partial charge in [0.2, 0.25) is 5.72 Å². The molecule has 0 N–H and O–H groups in total. The number of nitrogens with zero attached hydrogens (tertiary/aromatic N) is 2. The summed E-state index contributed by atoms with van der Waals surface area (Å²) >= 11 is 5.49. The molecule has 0 amide bonds. The normalized spacial score (nSPS) is 34.1. The number of hydrogen-bond acceptors (Lipinski definition) is 4. The van der Waals surface area contributed by atoms with Crippen LogP contribution in [0.25, 0.3) is 0 Å². The van der Waals surface area contributed by atoms with Crippen molar-refractivity contribution in [2.45, 2.75) is 31.0 Å². The Morgan fingerprint density at radius 1 is 1.40 bits per heavy atom. The van der Waals surface area contributed by atoms with Crippen LogP contribution in [0.5, 0.6) is 5.75 Å². The lowest BCUT2D eigenvalue weighted by molar-refractivity contribution is -0.00731. The first kappa shape index (κ1) is 11.9. The number of hydrogen-bond donors (Lipinski definition) is 0. The highest BCUT2D eigenvalue weighted by Gasteiger charge is 2.56. The predicted octanol–water partition coefficient (Wildman–Crippen LogP) is 3.80. The fourth-order valence-corrected chi connectivity index (χ4v) is 5.13. The maximum atomic E-state index is 6.43. The molecule has 1 aromatic rings. The van der Waals surface area contributed by atoms with E-state index >= 15 is 0 Å². The first-order valence-corrected chi connectivity index (χ1v) is 9.01. The molecule has 3 heterocycles. The van der Waals surface area contributed by atoms with Crippen LogP contribution in [0, 0.1) is 5.92 Å². The Kier molecular flexibility index (Phi) is 2.35. The molecule has 5 heteroatoms. The van der Waals surface area contributed by atoms with Crippen molar-refractivity contribution < 1.29 is 4.74 Å². The monoisotopic (exact) mass is 350 g/mol. The maximum Gasteiger partial charge on any atom is 0.207 e. The van der Waals surface area contributed by atoms with Gasteiger partial charge >= 0.3 is 0 Å². The molecule has 0 aromatic heterocycles. The number of aliphatic imine (C=N–C) groups is 1. The lowest BCUT2D eigenvalue weighted by Crippen LogP contribution is -2.51. The number of fused-ring (bicyclic) bond motifs is 6. The van der Waals surface area contributed by atoms with Gasteiger partial charge in [-0.2, -0.15) is 0 Å². The second-order valence-electron chi connectivity index (χ2n) is 6.06. The topological polar surface area (TPSA) is 24.8 Å². The summed E-state index contributed by atoms with van der Waals surface area (Å²) in [4.78, 5) is 7.54. The van der Waals surface area contributed by atoms with Gasteiger partial charge in [-0.1, -0.05) is 27.7 Å².